The minimum absolute atomic E-state index is 0.304. The van der Waals surface area contributed by atoms with Crippen LogP contribution in [-0.2, 0) is 9.59 Å². The predicted molar refractivity (Wildman–Crippen MR) is 80.7 cm³/mol. The molecule has 1 heterocycles. The fraction of sp³-hybridized carbons (Fsp3) is 0.125. The molecule has 0 saturated heterocycles. The van der Waals surface area contributed by atoms with E-state index in [9.17, 15) is 9.59 Å². The summed E-state index contributed by atoms with van der Waals surface area (Å²) in [5.74, 6) is -1.16. The molecule has 0 fully saturated rings. The molecule has 0 saturated carbocycles. The lowest BCUT2D eigenvalue weighted by Crippen LogP contribution is -2.44. The van der Waals surface area contributed by atoms with Crippen LogP contribution in [0.15, 0.2) is 48.5 Å². The predicted octanol–water partition coefficient (Wildman–Crippen LogP) is 1.82. The highest BCUT2D eigenvalue weighted by Crippen LogP contribution is 2.42. The summed E-state index contributed by atoms with van der Waals surface area (Å²) >= 11 is 0. The van der Waals surface area contributed by atoms with Crippen molar-refractivity contribution < 1.29 is 19.4 Å². The van der Waals surface area contributed by atoms with Gasteiger partial charge in [-0.3, -0.25) is 14.5 Å². The molecule has 1 amide bonds. The van der Waals surface area contributed by atoms with E-state index in [2.05, 4.69) is 0 Å². The van der Waals surface area contributed by atoms with E-state index in [0.717, 1.165) is 4.90 Å². The second kappa shape index (κ2) is 5.40. The van der Waals surface area contributed by atoms with E-state index < -0.39 is 24.5 Å². The Balaban J connectivity index is 2.09. The zero-order valence-corrected chi connectivity index (χ0v) is 11.6. The average Bonchev–Trinajstić information content (AvgIpc) is 2.50. The second-order valence-electron chi connectivity index (χ2n) is 4.92. The van der Waals surface area contributed by atoms with E-state index in [1.165, 1.54) is 0 Å². The summed E-state index contributed by atoms with van der Waals surface area (Å²) in [4.78, 5) is 24.9. The van der Waals surface area contributed by atoms with Crippen LogP contribution in [0.3, 0.4) is 0 Å². The number of aliphatic carboxylic acids is 1. The molecule has 6 heteroatoms. The Hall–Kier alpha value is -3.02. The molecule has 0 bridgehead atoms. The molecule has 2 aromatic rings. The third-order valence-electron chi connectivity index (χ3n) is 3.43. The second-order valence-corrected chi connectivity index (χ2v) is 4.92. The first kappa shape index (κ1) is 13.9. The lowest BCUT2D eigenvalue weighted by molar-refractivity contribution is -0.137. The first-order chi connectivity index (χ1) is 10.6. The van der Waals surface area contributed by atoms with E-state index in [-0.39, 0.29) is 0 Å². The number of nitrogens with two attached hydrogens (primary N) is 1. The number of rotatable bonds is 3. The lowest BCUT2D eigenvalue weighted by atomic mass is 10.0. The van der Waals surface area contributed by atoms with Crippen molar-refractivity contribution >= 4 is 23.3 Å². The van der Waals surface area contributed by atoms with Crippen LogP contribution in [0.2, 0.25) is 0 Å². The van der Waals surface area contributed by atoms with E-state index in [1.54, 1.807) is 42.5 Å². The van der Waals surface area contributed by atoms with Gasteiger partial charge in [0.25, 0.3) is 5.91 Å². The summed E-state index contributed by atoms with van der Waals surface area (Å²) in [6.07, 6.45) is -0.880. The van der Waals surface area contributed by atoms with Crippen molar-refractivity contribution in [2.45, 2.75) is 6.10 Å². The molecule has 1 unspecified atom stereocenters. The van der Waals surface area contributed by atoms with Gasteiger partial charge in [-0.15, -0.1) is 0 Å². The largest absolute Gasteiger partial charge is 0.480 e. The maximum Gasteiger partial charge on any atom is 0.323 e. The lowest BCUT2D eigenvalue weighted by Gasteiger charge is -2.34. The SMILES string of the molecule is Nc1cccc2c1N(CC(=O)O)C(=O)C(c1ccccc1)O2. The number of hydrogen-bond donors (Lipinski definition) is 2. The quantitative estimate of drug-likeness (QED) is 0.843. The number of hydrogen-bond acceptors (Lipinski definition) is 4. The summed E-state index contributed by atoms with van der Waals surface area (Å²) in [7, 11) is 0. The van der Waals surface area contributed by atoms with Crippen LogP contribution in [0, 0.1) is 0 Å². The van der Waals surface area contributed by atoms with Crippen LogP contribution in [0.5, 0.6) is 5.75 Å². The van der Waals surface area contributed by atoms with Crippen molar-refractivity contribution in [1.29, 1.82) is 0 Å². The van der Waals surface area contributed by atoms with Gasteiger partial charge in [-0.1, -0.05) is 36.4 Å². The van der Waals surface area contributed by atoms with Gasteiger partial charge in [0, 0.05) is 5.56 Å². The van der Waals surface area contributed by atoms with Gasteiger partial charge in [0.1, 0.15) is 18.0 Å². The smallest absolute Gasteiger partial charge is 0.323 e. The summed E-state index contributed by atoms with van der Waals surface area (Å²) in [6, 6.07) is 13.9. The molecule has 112 valence electrons. The average molecular weight is 298 g/mol. The van der Waals surface area contributed by atoms with Crippen LogP contribution in [0.25, 0.3) is 0 Å². The summed E-state index contributed by atoms with van der Waals surface area (Å²) in [6.45, 7) is -0.466. The number of ether oxygens (including phenoxy) is 1. The van der Waals surface area contributed by atoms with Crippen molar-refractivity contribution in [2.75, 3.05) is 17.2 Å². The maximum atomic E-state index is 12.7. The number of amides is 1. The number of para-hydroxylation sites is 1. The molecule has 0 aromatic heterocycles. The Bertz CT molecular complexity index is 730. The van der Waals surface area contributed by atoms with Gasteiger partial charge in [0.05, 0.1) is 5.69 Å². The Morgan fingerprint density at radius 2 is 1.91 bits per heavy atom. The normalized spacial score (nSPS) is 16.8. The molecule has 1 aliphatic rings. The van der Waals surface area contributed by atoms with Crippen LogP contribution in [-0.4, -0.2) is 23.5 Å². The van der Waals surface area contributed by atoms with Crippen LogP contribution >= 0.6 is 0 Å². The van der Waals surface area contributed by atoms with Gasteiger partial charge in [-0.2, -0.15) is 0 Å². The number of anilines is 2. The van der Waals surface area contributed by atoms with E-state index >= 15 is 0 Å². The molecule has 2 aromatic carbocycles. The highest BCUT2D eigenvalue weighted by Gasteiger charge is 2.37. The topological polar surface area (TPSA) is 92.9 Å². The van der Waals surface area contributed by atoms with E-state index in [1.807, 2.05) is 6.07 Å². The van der Waals surface area contributed by atoms with Gasteiger partial charge in [-0.25, -0.2) is 0 Å². The van der Waals surface area contributed by atoms with Gasteiger partial charge < -0.3 is 15.6 Å². The number of fused-ring (bicyclic) bond motifs is 1. The number of benzene rings is 2. The fourth-order valence-electron chi connectivity index (χ4n) is 2.48. The molecule has 3 rings (SSSR count). The van der Waals surface area contributed by atoms with E-state index in [0.29, 0.717) is 22.7 Å². The molecule has 1 atom stereocenters. The Kier molecular flexibility index (Phi) is 3.42. The molecule has 3 N–H and O–H groups in total. The maximum absolute atomic E-state index is 12.7. The molecular weight excluding hydrogens is 284 g/mol. The van der Waals surface area contributed by atoms with Crippen molar-refractivity contribution in [2.24, 2.45) is 0 Å². The summed E-state index contributed by atoms with van der Waals surface area (Å²) in [5, 5.41) is 9.08. The van der Waals surface area contributed by atoms with Crippen LogP contribution in [0.4, 0.5) is 11.4 Å². The highest BCUT2D eigenvalue weighted by molar-refractivity contribution is 6.05. The first-order valence-corrected chi connectivity index (χ1v) is 6.71. The van der Waals surface area contributed by atoms with Gasteiger partial charge in [0.15, 0.2) is 0 Å². The van der Waals surface area contributed by atoms with Gasteiger partial charge in [-0.05, 0) is 12.1 Å². The Morgan fingerprint density at radius 1 is 1.18 bits per heavy atom. The number of carbonyl (C=O) groups excluding carboxylic acids is 1. The number of nitrogens with zero attached hydrogens (tertiary/aromatic N) is 1. The molecular formula is C16H14N2O4. The van der Waals surface area contributed by atoms with Crippen molar-refractivity contribution in [3.05, 3.63) is 54.1 Å². The van der Waals surface area contributed by atoms with Crippen molar-refractivity contribution in [3.8, 4) is 5.75 Å². The summed E-state index contributed by atoms with van der Waals surface area (Å²) < 4.78 is 5.76. The number of nitrogen functional groups attached to an aromatic ring is 1. The van der Waals surface area contributed by atoms with Crippen LogP contribution < -0.4 is 15.4 Å². The monoisotopic (exact) mass is 298 g/mol. The minimum atomic E-state index is -1.11. The first-order valence-electron chi connectivity index (χ1n) is 6.71. The number of carboxylic acid groups (broad SMARTS) is 1. The molecule has 0 radical (unpaired) electrons. The molecule has 0 aliphatic carbocycles. The Labute approximate surface area is 126 Å². The minimum Gasteiger partial charge on any atom is -0.480 e. The molecule has 1 aliphatic heterocycles. The number of carboxylic acids is 1. The van der Waals surface area contributed by atoms with Crippen molar-refractivity contribution in [1.82, 2.24) is 0 Å². The molecule has 0 spiro atoms. The van der Waals surface area contributed by atoms with Crippen LogP contribution in [0.1, 0.15) is 11.7 Å². The standard InChI is InChI=1S/C16H14N2O4/c17-11-7-4-8-12-14(11)18(9-13(19)20)16(21)15(22-12)10-5-2-1-3-6-10/h1-8,15H,9,17H2,(H,19,20). The zero-order chi connectivity index (χ0) is 15.7. The van der Waals surface area contributed by atoms with Gasteiger partial charge in [0.2, 0.25) is 6.10 Å². The number of carbonyl (C=O) groups is 2. The third-order valence-corrected chi connectivity index (χ3v) is 3.43. The van der Waals surface area contributed by atoms with Crippen molar-refractivity contribution in [3.63, 3.8) is 0 Å². The summed E-state index contributed by atoms with van der Waals surface area (Å²) in [5.41, 5.74) is 7.16. The zero-order valence-electron chi connectivity index (χ0n) is 11.6. The fourth-order valence-corrected chi connectivity index (χ4v) is 2.48. The van der Waals surface area contributed by atoms with Gasteiger partial charge >= 0.3 is 5.97 Å². The van der Waals surface area contributed by atoms with E-state index in [4.69, 9.17) is 15.6 Å². The Morgan fingerprint density at radius 3 is 2.59 bits per heavy atom. The third kappa shape index (κ3) is 2.35. The highest BCUT2D eigenvalue weighted by atomic mass is 16.5. The molecule has 6 nitrogen and oxygen atoms in total. The molecule has 22 heavy (non-hydrogen) atoms.